The molecule has 108 valence electrons. The zero-order valence-corrected chi connectivity index (χ0v) is 12.8. The summed E-state index contributed by atoms with van der Waals surface area (Å²) in [5, 5.41) is 2.28. The molecule has 0 spiro atoms. The molecule has 1 aromatic rings. The molecule has 0 bridgehead atoms. The quantitative estimate of drug-likeness (QED) is 0.871. The number of amides is 4. The Labute approximate surface area is 122 Å². The van der Waals surface area contributed by atoms with E-state index in [1.165, 1.54) is 0 Å². The second-order valence-corrected chi connectivity index (χ2v) is 6.67. The third-order valence-corrected chi connectivity index (χ3v) is 4.63. The summed E-state index contributed by atoms with van der Waals surface area (Å²) in [5.74, 6) is -1.85. The third-order valence-electron chi connectivity index (χ3n) is 3.46. The number of urea groups is 1. The standard InChI is InChI=1S/C14H18N2O3S/c1-7(2)11-12(17)15-14(19)16(13(11)18)9(4)10-6-5-8(3)20-10/h5-7,9,11H,1-4H3,(H,15,17,19). The van der Waals surface area contributed by atoms with Gasteiger partial charge in [0.25, 0.3) is 0 Å². The lowest BCUT2D eigenvalue weighted by Crippen LogP contribution is -2.59. The van der Waals surface area contributed by atoms with E-state index in [0.29, 0.717) is 0 Å². The van der Waals surface area contributed by atoms with Crippen molar-refractivity contribution in [3.8, 4) is 0 Å². The Kier molecular flexibility index (Phi) is 3.94. The smallest absolute Gasteiger partial charge is 0.277 e. The first-order chi connectivity index (χ1) is 9.32. The maximum Gasteiger partial charge on any atom is 0.331 e. The molecule has 1 aromatic heterocycles. The predicted octanol–water partition coefficient (Wildman–Crippen LogP) is 2.47. The van der Waals surface area contributed by atoms with Crippen LogP contribution in [-0.2, 0) is 9.59 Å². The summed E-state index contributed by atoms with van der Waals surface area (Å²) < 4.78 is 0. The minimum absolute atomic E-state index is 0.143. The Balaban J connectivity index is 2.32. The molecule has 0 saturated carbocycles. The summed E-state index contributed by atoms with van der Waals surface area (Å²) in [5.41, 5.74) is 0. The molecule has 20 heavy (non-hydrogen) atoms. The lowest BCUT2D eigenvalue weighted by atomic mass is 9.91. The number of carbonyl (C=O) groups excluding carboxylic acids is 3. The van der Waals surface area contributed by atoms with E-state index < -0.39 is 23.8 Å². The average Bonchev–Trinajstić information content (AvgIpc) is 2.74. The van der Waals surface area contributed by atoms with E-state index in [2.05, 4.69) is 5.32 Å². The van der Waals surface area contributed by atoms with E-state index in [-0.39, 0.29) is 12.0 Å². The van der Waals surface area contributed by atoms with Gasteiger partial charge >= 0.3 is 6.03 Å². The van der Waals surface area contributed by atoms with E-state index in [0.717, 1.165) is 14.7 Å². The first-order valence-electron chi connectivity index (χ1n) is 6.57. The lowest BCUT2D eigenvalue weighted by Gasteiger charge is -2.35. The normalized spacial score (nSPS) is 21.4. The van der Waals surface area contributed by atoms with E-state index >= 15 is 0 Å². The van der Waals surface area contributed by atoms with Crippen LogP contribution in [0.5, 0.6) is 0 Å². The molecular weight excluding hydrogens is 276 g/mol. The van der Waals surface area contributed by atoms with Crippen molar-refractivity contribution in [1.82, 2.24) is 10.2 Å². The van der Waals surface area contributed by atoms with Gasteiger partial charge < -0.3 is 0 Å². The summed E-state index contributed by atoms with van der Waals surface area (Å²) in [6, 6.07) is 2.87. The fourth-order valence-corrected chi connectivity index (χ4v) is 3.29. The average molecular weight is 294 g/mol. The zero-order chi connectivity index (χ0) is 15.0. The van der Waals surface area contributed by atoms with Crippen molar-refractivity contribution < 1.29 is 14.4 Å². The van der Waals surface area contributed by atoms with Crippen LogP contribution in [0, 0.1) is 18.8 Å². The summed E-state index contributed by atoms with van der Waals surface area (Å²) in [6.45, 7) is 7.38. The first-order valence-corrected chi connectivity index (χ1v) is 7.38. The number of hydrogen-bond acceptors (Lipinski definition) is 4. The molecule has 1 fully saturated rings. The van der Waals surface area contributed by atoms with E-state index in [9.17, 15) is 14.4 Å². The van der Waals surface area contributed by atoms with Crippen molar-refractivity contribution in [3.63, 3.8) is 0 Å². The number of aryl methyl sites for hydroxylation is 1. The van der Waals surface area contributed by atoms with Gasteiger partial charge in [-0.2, -0.15) is 0 Å². The highest BCUT2D eigenvalue weighted by Crippen LogP contribution is 2.31. The van der Waals surface area contributed by atoms with Crippen molar-refractivity contribution in [2.75, 3.05) is 0 Å². The SMILES string of the molecule is Cc1ccc(C(C)N2C(=O)NC(=O)C(C(C)C)C2=O)s1. The Hall–Kier alpha value is -1.69. The van der Waals surface area contributed by atoms with Crippen LogP contribution in [0.1, 0.15) is 36.6 Å². The Bertz CT molecular complexity index is 565. The number of imide groups is 2. The first kappa shape index (κ1) is 14.7. The van der Waals surface area contributed by atoms with E-state index in [1.54, 1.807) is 32.1 Å². The van der Waals surface area contributed by atoms with Gasteiger partial charge in [0.2, 0.25) is 11.8 Å². The molecule has 0 radical (unpaired) electrons. The molecule has 1 N–H and O–H groups in total. The van der Waals surface area contributed by atoms with Crippen molar-refractivity contribution >= 4 is 29.2 Å². The van der Waals surface area contributed by atoms with Crippen LogP contribution in [0.2, 0.25) is 0 Å². The van der Waals surface area contributed by atoms with Gasteiger partial charge in [-0.1, -0.05) is 13.8 Å². The number of rotatable bonds is 3. The zero-order valence-electron chi connectivity index (χ0n) is 12.0. The highest BCUT2D eigenvalue weighted by molar-refractivity contribution is 7.12. The molecule has 6 heteroatoms. The number of hydrogen-bond donors (Lipinski definition) is 1. The van der Waals surface area contributed by atoms with Gasteiger partial charge in [0, 0.05) is 9.75 Å². The molecule has 1 saturated heterocycles. The molecule has 2 unspecified atom stereocenters. The summed E-state index contributed by atoms with van der Waals surface area (Å²) in [6.07, 6.45) is 0. The number of barbiturate groups is 1. The van der Waals surface area contributed by atoms with Crippen molar-refractivity contribution in [2.24, 2.45) is 11.8 Å². The molecule has 0 aromatic carbocycles. The maximum atomic E-state index is 12.5. The maximum absolute atomic E-state index is 12.5. The van der Waals surface area contributed by atoms with Gasteiger partial charge in [0.15, 0.2) is 0 Å². The highest BCUT2D eigenvalue weighted by atomic mass is 32.1. The van der Waals surface area contributed by atoms with E-state index in [1.807, 2.05) is 19.1 Å². The Morgan fingerprint density at radius 2 is 1.85 bits per heavy atom. The molecule has 4 amide bonds. The third kappa shape index (κ3) is 2.47. The fourth-order valence-electron chi connectivity index (χ4n) is 2.37. The van der Waals surface area contributed by atoms with E-state index in [4.69, 9.17) is 0 Å². The Morgan fingerprint density at radius 3 is 2.35 bits per heavy atom. The van der Waals surface area contributed by atoms with Gasteiger partial charge in [-0.05, 0) is 31.9 Å². The monoisotopic (exact) mass is 294 g/mol. The minimum Gasteiger partial charge on any atom is -0.277 e. The molecule has 5 nitrogen and oxygen atoms in total. The van der Waals surface area contributed by atoms with Crippen LogP contribution < -0.4 is 5.32 Å². The fraction of sp³-hybridized carbons (Fsp3) is 0.500. The summed E-state index contributed by atoms with van der Waals surface area (Å²) >= 11 is 1.55. The highest BCUT2D eigenvalue weighted by Gasteiger charge is 2.44. The van der Waals surface area contributed by atoms with Crippen molar-refractivity contribution in [3.05, 3.63) is 21.9 Å². The molecule has 2 atom stereocenters. The Morgan fingerprint density at radius 1 is 1.20 bits per heavy atom. The topological polar surface area (TPSA) is 66.5 Å². The van der Waals surface area contributed by atoms with Gasteiger partial charge in [-0.3, -0.25) is 19.8 Å². The lowest BCUT2D eigenvalue weighted by molar-refractivity contribution is -0.145. The second kappa shape index (κ2) is 5.36. The molecule has 1 aliphatic heterocycles. The summed E-state index contributed by atoms with van der Waals surface area (Å²) in [4.78, 5) is 39.4. The van der Waals surface area contributed by atoms with Crippen LogP contribution in [0.4, 0.5) is 4.79 Å². The van der Waals surface area contributed by atoms with Crippen LogP contribution in [0.3, 0.4) is 0 Å². The number of nitrogens with zero attached hydrogens (tertiary/aromatic N) is 1. The van der Waals surface area contributed by atoms with Crippen LogP contribution in [-0.4, -0.2) is 22.7 Å². The number of thiophene rings is 1. The van der Waals surface area contributed by atoms with Crippen LogP contribution in [0.25, 0.3) is 0 Å². The molecular formula is C14H18N2O3S. The van der Waals surface area contributed by atoms with Crippen LogP contribution >= 0.6 is 11.3 Å². The largest absolute Gasteiger partial charge is 0.331 e. The molecule has 2 rings (SSSR count). The van der Waals surface area contributed by atoms with Gasteiger partial charge in [0.05, 0.1) is 6.04 Å². The minimum atomic E-state index is -0.795. The second-order valence-electron chi connectivity index (χ2n) is 5.35. The predicted molar refractivity (Wildman–Crippen MR) is 76.2 cm³/mol. The molecule has 0 aliphatic carbocycles. The van der Waals surface area contributed by atoms with Crippen LogP contribution in [0.15, 0.2) is 12.1 Å². The van der Waals surface area contributed by atoms with Crippen molar-refractivity contribution in [2.45, 2.75) is 33.7 Å². The summed E-state index contributed by atoms with van der Waals surface area (Å²) in [7, 11) is 0. The van der Waals surface area contributed by atoms with Gasteiger partial charge in [0.1, 0.15) is 5.92 Å². The molecule has 2 heterocycles. The van der Waals surface area contributed by atoms with Crippen molar-refractivity contribution in [1.29, 1.82) is 0 Å². The molecule has 1 aliphatic rings. The van der Waals surface area contributed by atoms with Gasteiger partial charge in [-0.25, -0.2) is 4.79 Å². The number of carbonyl (C=O) groups is 3. The van der Waals surface area contributed by atoms with Gasteiger partial charge in [-0.15, -0.1) is 11.3 Å². The number of nitrogens with one attached hydrogen (secondary N) is 1.